The highest BCUT2D eigenvalue weighted by Crippen LogP contribution is 2.29. The summed E-state index contributed by atoms with van der Waals surface area (Å²) >= 11 is 17.0. The van der Waals surface area contributed by atoms with Crippen molar-refractivity contribution in [3.05, 3.63) is 63.1 Å². The summed E-state index contributed by atoms with van der Waals surface area (Å²) in [7, 11) is 0. The average Bonchev–Trinajstić information content (AvgIpc) is 2.56. The maximum atomic E-state index is 12.3. The van der Waals surface area contributed by atoms with Gasteiger partial charge in [-0.25, -0.2) is 4.79 Å². The van der Waals surface area contributed by atoms with E-state index in [0.29, 0.717) is 5.56 Å². The van der Waals surface area contributed by atoms with E-state index in [2.05, 4.69) is 31.4 Å². The van der Waals surface area contributed by atoms with Crippen LogP contribution >= 0.6 is 35.4 Å². The van der Waals surface area contributed by atoms with Crippen molar-refractivity contribution in [2.45, 2.75) is 26.2 Å². The molecule has 0 atom stereocenters. The number of hydrogen-bond acceptors (Lipinski definition) is 3. The molecule has 2 rings (SSSR count). The summed E-state index contributed by atoms with van der Waals surface area (Å²) in [6.45, 7) is 6.26. The van der Waals surface area contributed by atoms with Crippen LogP contribution in [-0.4, -0.2) is 22.1 Å². The van der Waals surface area contributed by atoms with E-state index in [9.17, 15) is 9.59 Å². The lowest BCUT2D eigenvalue weighted by Crippen LogP contribution is -2.34. The Morgan fingerprint density at radius 1 is 1.04 bits per heavy atom. The molecular weight excluding hydrogens is 407 g/mol. The summed E-state index contributed by atoms with van der Waals surface area (Å²) in [5.74, 6) is -1.59. The van der Waals surface area contributed by atoms with Gasteiger partial charge in [-0.05, 0) is 47.5 Å². The first-order chi connectivity index (χ1) is 12.5. The Kier molecular flexibility index (Phi) is 6.46. The molecule has 0 aromatic heterocycles. The van der Waals surface area contributed by atoms with Gasteiger partial charge in [-0.1, -0.05) is 56.1 Å². The summed E-state index contributed by atoms with van der Waals surface area (Å²) in [6.07, 6.45) is 0. The van der Waals surface area contributed by atoms with Gasteiger partial charge in [-0.3, -0.25) is 10.1 Å². The van der Waals surface area contributed by atoms with Gasteiger partial charge in [-0.2, -0.15) is 0 Å². The topological polar surface area (TPSA) is 78.4 Å². The Balaban J connectivity index is 2.11. The van der Waals surface area contributed by atoms with Crippen LogP contribution in [-0.2, 0) is 5.41 Å². The summed E-state index contributed by atoms with van der Waals surface area (Å²) < 4.78 is 0. The van der Waals surface area contributed by atoms with E-state index in [1.807, 2.05) is 12.1 Å². The number of amides is 1. The highest BCUT2D eigenvalue weighted by Gasteiger charge is 2.16. The molecule has 0 aliphatic heterocycles. The van der Waals surface area contributed by atoms with Crippen molar-refractivity contribution in [2.24, 2.45) is 0 Å². The van der Waals surface area contributed by atoms with Crippen LogP contribution in [0.15, 0.2) is 36.4 Å². The number of carboxylic acid groups (broad SMARTS) is 1. The zero-order valence-corrected chi connectivity index (χ0v) is 17.2. The second kappa shape index (κ2) is 8.25. The number of hydrogen-bond donors (Lipinski definition) is 3. The second-order valence-electron chi connectivity index (χ2n) is 6.85. The van der Waals surface area contributed by atoms with Crippen molar-refractivity contribution in [3.8, 4) is 0 Å². The normalized spacial score (nSPS) is 11.0. The molecule has 0 radical (unpaired) electrons. The number of rotatable bonds is 3. The Morgan fingerprint density at radius 2 is 1.63 bits per heavy atom. The molecule has 0 saturated heterocycles. The number of thiocarbonyl (C=S) groups is 1. The molecule has 0 heterocycles. The largest absolute Gasteiger partial charge is 0.478 e. The first kappa shape index (κ1) is 21.2. The van der Waals surface area contributed by atoms with Crippen molar-refractivity contribution in [1.29, 1.82) is 0 Å². The first-order valence-electron chi connectivity index (χ1n) is 7.94. The van der Waals surface area contributed by atoms with Crippen LogP contribution in [0.25, 0.3) is 0 Å². The van der Waals surface area contributed by atoms with Crippen LogP contribution in [0.4, 0.5) is 5.69 Å². The molecule has 0 aliphatic rings. The average molecular weight is 425 g/mol. The minimum absolute atomic E-state index is 0.00643. The maximum Gasteiger partial charge on any atom is 0.337 e. The minimum Gasteiger partial charge on any atom is -0.478 e. The van der Waals surface area contributed by atoms with Crippen molar-refractivity contribution in [2.75, 3.05) is 5.32 Å². The number of aromatic carboxylic acids is 1. The number of halogens is 2. The molecular formula is C19H18Cl2N2O3S. The molecule has 8 heteroatoms. The Labute approximate surface area is 172 Å². The Bertz CT molecular complexity index is 906. The quantitative estimate of drug-likeness (QED) is 0.596. The van der Waals surface area contributed by atoms with Crippen LogP contribution in [0, 0.1) is 0 Å². The minimum atomic E-state index is -1.20. The van der Waals surface area contributed by atoms with Gasteiger partial charge in [0.05, 0.1) is 21.3 Å². The molecule has 2 aromatic rings. The van der Waals surface area contributed by atoms with E-state index in [1.165, 1.54) is 12.1 Å². The maximum absolute atomic E-state index is 12.3. The lowest BCUT2D eigenvalue weighted by atomic mass is 9.87. The van der Waals surface area contributed by atoms with Gasteiger partial charge >= 0.3 is 5.97 Å². The van der Waals surface area contributed by atoms with Crippen molar-refractivity contribution in [1.82, 2.24) is 5.32 Å². The van der Waals surface area contributed by atoms with Gasteiger partial charge in [0.2, 0.25) is 0 Å². The number of nitrogens with one attached hydrogen (secondary N) is 2. The molecule has 142 valence electrons. The Hall–Kier alpha value is -2.15. The van der Waals surface area contributed by atoms with E-state index < -0.39 is 11.9 Å². The molecule has 0 saturated carbocycles. The van der Waals surface area contributed by atoms with Crippen LogP contribution in [0.2, 0.25) is 10.0 Å². The van der Waals surface area contributed by atoms with Gasteiger partial charge in [0.15, 0.2) is 5.11 Å². The predicted octanol–water partition coefficient (Wildman–Crippen LogP) is 5.12. The lowest BCUT2D eigenvalue weighted by Gasteiger charge is -2.19. The fourth-order valence-electron chi connectivity index (χ4n) is 2.26. The van der Waals surface area contributed by atoms with Gasteiger partial charge in [-0.15, -0.1) is 0 Å². The molecule has 3 N–H and O–H groups in total. The number of benzene rings is 2. The molecule has 5 nitrogen and oxygen atoms in total. The molecule has 1 amide bonds. The van der Waals surface area contributed by atoms with Crippen molar-refractivity contribution in [3.63, 3.8) is 0 Å². The molecule has 0 spiro atoms. The summed E-state index contributed by atoms with van der Waals surface area (Å²) in [5.41, 5.74) is 1.63. The lowest BCUT2D eigenvalue weighted by molar-refractivity contribution is 0.0697. The summed E-state index contributed by atoms with van der Waals surface area (Å²) in [5, 5.41) is 14.6. The molecule has 2 aromatic carbocycles. The van der Waals surface area contributed by atoms with Crippen LogP contribution in [0.1, 0.15) is 47.1 Å². The monoisotopic (exact) mass is 424 g/mol. The SMILES string of the molecule is CC(C)(C)c1ccc(C(=O)NC(=S)Nc2cc(C(=O)O)c(Cl)cc2Cl)cc1. The number of carboxylic acids is 1. The van der Waals surface area contributed by atoms with Gasteiger partial charge in [0, 0.05) is 5.56 Å². The van der Waals surface area contributed by atoms with Crippen LogP contribution < -0.4 is 10.6 Å². The number of anilines is 1. The zero-order chi connectivity index (χ0) is 20.4. The number of carbonyl (C=O) groups excluding carboxylic acids is 1. The molecule has 0 unspecified atom stereocenters. The van der Waals surface area contributed by atoms with Crippen LogP contribution in [0.5, 0.6) is 0 Å². The fraction of sp³-hybridized carbons (Fsp3) is 0.211. The second-order valence-corrected chi connectivity index (χ2v) is 8.08. The van der Waals surface area contributed by atoms with E-state index in [0.717, 1.165) is 5.56 Å². The van der Waals surface area contributed by atoms with Gasteiger partial charge in [0.1, 0.15) is 0 Å². The fourth-order valence-corrected chi connectivity index (χ4v) is 2.97. The molecule has 27 heavy (non-hydrogen) atoms. The van der Waals surface area contributed by atoms with E-state index in [-0.39, 0.29) is 31.8 Å². The highest BCUT2D eigenvalue weighted by molar-refractivity contribution is 7.80. The smallest absolute Gasteiger partial charge is 0.337 e. The van der Waals surface area contributed by atoms with Crippen LogP contribution in [0.3, 0.4) is 0 Å². The highest BCUT2D eigenvalue weighted by atomic mass is 35.5. The molecule has 0 fully saturated rings. The summed E-state index contributed by atoms with van der Waals surface area (Å²) in [6, 6.07) is 9.77. The number of carbonyl (C=O) groups is 2. The predicted molar refractivity (Wildman–Crippen MR) is 112 cm³/mol. The first-order valence-corrected chi connectivity index (χ1v) is 9.10. The third-order valence-corrected chi connectivity index (χ3v) is 4.61. The third kappa shape index (κ3) is 5.42. The van der Waals surface area contributed by atoms with Crippen molar-refractivity contribution < 1.29 is 14.7 Å². The third-order valence-electron chi connectivity index (χ3n) is 3.78. The Morgan fingerprint density at radius 3 is 2.15 bits per heavy atom. The van der Waals surface area contributed by atoms with Crippen molar-refractivity contribution >= 4 is 58.1 Å². The van der Waals surface area contributed by atoms with Gasteiger partial charge in [0.25, 0.3) is 5.91 Å². The summed E-state index contributed by atoms with van der Waals surface area (Å²) in [4.78, 5) is 23.5. The van der Waals surface area contributed by atoms with E-state index in [1.54, 1.807) is 12.1 Å². The molecule has 0 bridgehead atoms. The van der Waals surface area contributed by atoms with Gasteiger partial charge < -0.3 is 10.4 Å². The molecule has 0 aliphatic carbocycles. The standard InChI is InChI=1S/C19H18Cl2N2O3S/c1-19(2,3)11-6-4-10(5-7-11)16(24)23-18(27)22-15-8-12(17(25)26)13(20)9-14(15)21/h4-9H,1-3H3,(H,25,26)(H2,22,23,24,27). The zero-order valence-electron chi connectivity index (χ0n) is 14.9. The van der Waals surface area contributed by atoms with E-state index in [4.69, 9.17) is 40.5 Å². The van der Waals surface area contributed by atoms with E-state index >= 15 is 0 Å².